The van der Waals surface area contributed by atoms with Crippen LogP contribution in [0.2, 0.25) is 0 Å². The summed E-state index contributed by atoms with van der Waals surface area (Å²) in [5, 5.41) is 3.15. The second-order valence-electron chi connectivity index (χ2n) is 3.96. The third kappa shape index (κ3) is 11.4. The lowest BCUT2D eigenvalue weighted by atomic mass is 10.2. The maximum atomic E-state index is 11.7. The molecule has 0 atom stereocenters. The lowest BCUT2D eigenvalue weighted by Crippen LogP contribution is -2.42. The van der Waals surface area contributed by atoms with Crippen LogP contribution in [-0.4, -0.2) is 43.2 Å². The number of piperazine rings is 1. The van der Waals surface area contributed by atoms with E-state index < -0.39 is 5.67 Å². The van der Waals surface area contributed by atoms with Crippen LogP contribution in [0.4, 0.5) is 4.39 Å². The first kappa shape index (κ1) is 12.4. The van der Waals surface area contributed by atoms with Gasteiger partial charge in [-0.05, 0) is 20.8 Å². The number of halogens is 1. The van der Waals surface area contributed by atoms with Crippen LogP contribution in [0.3, 0.4) is 0 Å². The number of nitrogens with zero attached hydrogens (tertiary/aromatic N) is 1. The number of hydrogen-bond donors (Lipinski definition) is 1. The predicted molar refractivity (Wildman–Crippen MR) is 51.4 cm³/mol. The van der Waals surface area contributed by atoms with Crippen molar-refractivity contribution in [1.29, 1.82) is 0 Å². The van der Waals surface area contributed by atoms with Gasteiger partial charge in [0.25, 0.3) is 0 Å². The highest BCUT2D eigenvalue weighted by Crippen LogP contribution is 2.02. The summed E-state index contributed by atoms with van der Waals surface area (Å²) in [6, 6.07) is 0. The molecule has 0 spiro atoms. The maximum Gasteiger partial charge on any atom is 0.209 e. The van der Waals surface area contributed by atoms with Gasteiger partial charge in [-0.2, -0.15) is 0 Å². The molecule has 1 aliphatic rings. The molecule has 0 radical (unpaired) electrons. The van der Waals surface area contributed by atoms with E-state index in [1.54, 1.807) is 4.90 Å². The van der Waals surface area contributed by atoms with Gasteiger partial charge in [0.2, 0.25) is 6.41 Å². The summed E-state index contributed by atoms with van der Waals surface area (Å²) in [5.41, 5.74) is -1.00. The predicted octanol–water partition coefficient (Wildman–Crippen LogP) is 0.802. The van der Waals surface area contributed by atoms with Gasteiger partial charge in [0.1, 0.15) is 5.67 Å². The van der Waals surface area contributed by atoms with Gasteiger partial charge < -0.3 is 10.2 Å². The fraction of sp³-hybridized carbons (Fsp3) is 0.889. The Morgan fingerprint density at radius 2 is 1.69 bits per heavy atom. The van der Waals surface area contributed by atoms with Crippen LogP contribution in [0, 0.1) is 0 Å². The summed E-state index contributed by atoms with van der Waals surface area (Å²) in [4.78, 5) is 11.8. The summed E-state index contributed by atoms with van der Waals surface area (Å²) in [6.45, 7) is 8.18. The number of amides is 1. The number of rotatable bonds is 1. The van der Waals surface area contributed by atoms with Crippen molar-refractivity contribution >= 4 is 6.41 Å². The molecule has 1 amide bonds. The first-order valence-electron chi connectivity index (χ1n) is 4.52. The molecule has 1 N–H and O–H groups in total. The van der Waals surface area contributed by atoms with E-state index in [0.717, 1.165) is 32.6 Å². The highest BCUT2D eigenvalue weighted by atomic mass is 19.1. The highest BCUT2D eigenvalue weighted by molar-refractivity contribution is 5.47. The summed E-state index contributed by atoms with van der Waals surface area (Å²) in [7, 11) is 0. The lowest BCUT2D eigenvalue weighted by Gasteiger charge is -2.22. The van der Waals surface area contributed by atoms with E-state index in [0.29, 0.717) is 0 Å². The molecule has 0 aromatic heterocycles. The average Bonchev–Trinajstić information content (AvgIpc) is 2.03. The normalized spacial score (nSPS) is 17.4. The molecule has 1 rings (SSSR count). The van der Waals surface area contributed by atoms with Gasteiger partial charge in [-0.1, -0.05) is 0 Å². The molecule has 1 aliphatic heterocycles. The number of carbonyl (C=O) groups is 1. The van der Waals surface area contributed by atoms with E-state index in [9.17, 15) is 9.18 Å². The van der Waals surface area contributed by atoms with Gasteiger partial charge in [-0.3, -0.25) is 4.79 Å². The molecule has 0 unspecified atom stereocenters. The Morgan fingerprint density at radius 1 is 1.31 bits per heavy atom. The largest absolute Gasteiger partial charge is 0.343 e. The molecule has 1 heterocycles. The molecule has 0 saturated carbocycles. The zero-order valence-electron chi connectivity index (χ0n) is 8.64. The van der Waals surface area contributed by atoms with Crippen molar-refractivity contribution in [2.45, 2.75) is 26.4 Å². The summed E-state index contributed by atoms with van der Waals surface area (Å²) in [5.74, 6) is 0. The minimum Gasteiger partial charge on any atom is -0.343 e. The van der Waals surface area contributed by atoms with Gasteiger partial charge in [0.05, 0.1) is 0 Å². The Kier molecular flexibility index (Phi) is 5.62. The number of hydrogen-bond acceptors (Lipinski definition) is 2. The molecule has 1 fully saturated rings. The maximum absolute atomic E-state index is 11.7. The molecule has 3 nitrogen and oxygen atoms in total. The zero-order chi connectivity index (χ0) is 10.3. The molecular weight excluding hydrogens is 171 g/mol. The minimum atomic E-state index is -1.00. The summed E-state index contributed by atoms with van der Waals surface area (Å²) >= 11 is 0. The standard InChI is InChI=1S/C5H10N2O.C4H9F/c8-5-7-3-1-6-2-4-7;1-4(2,3)5/h5-6H,1-4H2;1-3H3. The van der Waals surface area contributed by atoms with Crippen molar-refractivity contribution in [1.82, 2.24) is 10.2 Å². The average molecular weight is 190 g/mol. The number of alkyl halides is 1. The molecular formula is C9H19FN2O. The zero-order valence-corrected chi connectivity index (χ0v) is 8.64. The third-order valence-corrected chi connectivity index (χ3v) is 1.30. The van der Waals surface area contributed by atoms with Crippen molar-refractivity contribution in [2.24, 2.45) is 0 Å². The third-order valence-electron chi connectivity index (χ3n) is 1.30. The Hall–Kier alpha value is -0.640. The number of carbonyl (C=O) groups excluding carboxylic acids is 1. The van der Waals surface area contributed by atoms with E-state index in [2.05, 4.69) is 5.32 Å². The van der Waals surface area contributed by atoms with Crippen molar-refractivity contribution in [3.05, 3.63) is 0 Å². The molecule has 4 heteroatoms. The Bertz CT molecular complexity index is 133. The topological polar surface area (TPSA) is 32.3 Å². The Labute approximate surface area is 79.3 Å². The van der Waals surface area contributed by atoms with Crippen molar-refractivity contribution < 1.29 is 9.18 Å². The quantitative estimate of drug-likeness (QED) is 0.620. The minimum absolute atomic E-state index is 0.865. The van der Waals surface area contributed by atoms with Crippen LogP contribution in [0.15, 0.2) is 0 Å². The second-order valence-corrected chi connectivity index (χ2v) is 3.96. The molecule has 78 valence electrons. The highest BCUT2D eigenvalue weighted by Gasteiger charge is 2.04. The molecule has 0 aliphatic carbocycles. The Morgan fingerprint density at radius 3 is 1.92 bits per heavy atom. The van der Waals surface area contributed by atoms with Gasteiger partial charge in [-0.15, -0.1) is 0 Å². The van der Waals surface area contributed by atoms with Gasteiger partial charge in [0.15, 0.2) is 0 Å². The van der Waals surface area contributed by atoms with Gasteiger partial charge in [0, 0.05) is 26.2 Å². The van der Waals surface area contributed by atoms with Crippen LogP contribution in [-0.2, 0) is 4.79 Å². The fourth-order valence-corrected chi connectivity index (χ4v) is 0.788. The van der Waals surface area contributed by atoms with Crippen LogP contribution >= 0.6 is 0 Å². The van der Waals surface area contributed by atoms with Crippen molar-refractivity contribution in [2.75, 3.05) is 26.2 Å². The Balaban J connectivity index is 0.000000252. The van der Waals surface area contributed by atoms with Crippen molar-refractivity contribution in [3.8, 4) is 0 Å². The van der Waals surface area contributed by atoms with Crippen LogP contribution in [0.25, 0.3) is 0 Å². The first-order chi connectivity index (χ1) is 5.93. The van der Waals surface area contributed by atoms with E-state index in [1.165, 1.54) is 20.8 Å². The van der Waals surface area contributed by atoms with E-state index in [4.69, 9.17) is 0 Å². The molecule has 0 aromatic carbocycles. The number of nitrogens with one attached hydrogen (secondary N) is 1. The molecule has 0 aromatic rings. The summed E-state index contributed by atoms with van der Waals surface area (Å²) < 4.78 is 11.7. The summed E-state index contributed by atoms with van der Waals surface area (Å²) in [6.07, 6.45) is 0.904. The van der Waals surface area contributed by atoms with Crippen molar-refractivity contribution in [3.63, 3.8) is 0 Å². The molecule has 0 bridgehead atoms. The van der Waals surface area contributed by atoms with E-state index >= 15 is 0 Å². The van der Waals surface area contributed by atoms with E-state index in [-0.39, 0.29) is 0 Å². The SMILES string of the molecule is CC(C)(C)F.O=CN1CCNCC1. The van der Waals surface area contributed by atoms with Crippen LogP contribution < -0.4 is 5.32 Å². The van der Waals surface area contributed by atoms with E-state index in [1.807, 2.05) is 0 Å². The molecule has 1 saturated heterocycles. The lowest BCUT2D eigenvalue weighted by molar-refractivity contribution is -0.118. The molecule has 13 heavy (non-hydrogen) atoms. The van der Waals surface area contributed by atoms with Gasteiger partial charge in [-0.25, -0.2) is 4.39 Å². The van der Waals surface area contributed by atoms with Crippen LogP contribution in [0.1, 0.15) is 20.8 Å². The fourth-order valence-electron chi connectivity index (χ4n) is 0.788. The van der Waals surface area contributed by atoms with Crippen LogP contribution in [0.5, 0.6) is 0 Å². The van der Waals surface area contributed by atoms with Gasteiger partial charge >= 0.3 is 0 Å². The second kappa shape index (κ2) is 5.91. The first-order valence-corrected chi connectivity index (χ1v) is 4.52. The monoisotopic (exact) mass is 190 g/mol. The smallest absolute Gasteiger partial charge is 0.209 e.